The van der Waals surface area contributed by atoms with E-state index >= 15 is 0 Å². The molecule has 4 rings (SSSR count). The second-order valence-electron chi connectivity index (χ2n) is 6.94. The van der Waals surface area contributed by atoms with Gasteiger partial charge >= 0.3 is 6.18 Å². The van der Waals surface area contributed by atoms with E-state index in [4.69, 9.17) is 4.74 Å². The summed E-state index contributed by atoms with van der Waals surface area (Å²) in [5, 5.41) is 8.10. The highest BCUT2D eigenvalue weighted by atomic mass is 19.4. The molecule has 1 amide bonds. The number of hydrogen-bond acceptors (Lipinski definition) is 5. The maximum Gasteiger partial charge on any atom is 0.419 e. The topological polar surface area (TPSA) is 73.1 Å². The van der Waals surface area contributed by atoms with Gasteiger partial charge in [0.25, 0.3) is 11.8 Å². The lowest BCUT2D eigenvalue weighted by Crippen LogP contribution is -2.44. The van der Waals surface area contributed by atoms with E-state index in [1.165, 1.54) is 22.1 Å². The van der Waals surface area contributed by atoms with Crippen LogP contribution in [0.4, 0.5) is 17.6 Å². The fourth-order valence-corrected chi connectivity index (χ4v) is 3.44. The number of hydrogen-bond donors (Lipinski definition) is 0. The highest BCUT2D eigenvalue weighted by molar-refractivity contribution is 5.97. The molecule has 3 aromatic rings. The Hall–Kier alpha value is -3.50. The number of alkyl halides is 3. The van der Waals surface area contributed by atoms with Gasteiger partial charge in [-0.05, 0) is 31.0 Å². The number of likely N-dealkylation sites (tertiary alicyclic amines) is 1. The Balaban J connectivity index is 1.52. The summed E-state index contributed by atoms with van der Waals surface area (Å²) in [5.41, 5.74) is -0.587. The number of ether oxygens (including phenoxy) is 1. The number of amides is 1. The van der Waals surface area contributed by atoms with Crippen LogP contribution in [0.15, 0.2) is 48.9 Å². The second kappa shape index (κ2) is 8.32. The van der Waals surface area contributed by atoms with Crippen molar-refractivity contribution in [2.24, 2.45) is 0 Å². The van der Waals surface area contributed by atoms with E-state index in [0.29, 0.717) is 36.7 Å². The minimum Gasteiger partial charge on any atom is -0.470 e. The molecule has 1 aliphatic heterocycles. The third kappa shape index (κ3) is 4.35. The summed E-state index contributed by atoms with van der Waals surface area (Å²) in [6.45, 7) is 0.509. The molecule has 0 saturated carbocycles. The molecule has 0 N–H and O–H groups in total. The summed E-state index contributed by atoms with van der Waals surface area (Å²) in [4.78, 5) is 19.6. The van der Waals surface area contributed by atoms with E-state index in [0.717, 1.165) is 6.20 Å². The van der Waals surface area contributed by atoms with Crippen molar-refractivity contribution in [2.75, 3.05) is 13.1 Å². The maximum atomic E-state index is 14.2. The maximum absolute atomic E-state index is 14.2. The number of aromatic nitrogens is 4. The zero-order valence-electron chi connectivity index (χ0n) is 16.1. The fraction of sp³-hybridized carbons (Fsp3) is 0.300. The van der Waals surface area contributed by atoms with Crippen LogP contribution in [0.1, 0.15) is 28.8 Å². The van der Waals surface area contributed by atoms with Gasteiger partial charge in [0.15, 0.2) is 5.82 Å². The summed E-state index contributed by atoms with van der Waals surface area (Å²) in [7, 11) is 0. The normalized spacial score (nSPS) is 16.9. The smallest absolute Gasteiger partial charge is 0.419 e. The Morgan fingerprint density at radius 3 is 2.58 bits per heavy atom. The molecule has 1 fully saturated rings. The molecule has 0 aliphatic carbocycles. The molecule has 162 valence electrons. The predicted octanol–water partition coefficient (Wildman–Crippen LogP) is 3.50. The van der Waals surface area contributed by atoms with E-state index in [1.54, 1.807) is 24.3 Å². The van der Waals surface area contributed by atoms with Crippen LogP contribution in [0.25, 0.3) is 5.69 Å². The number of nitrogens with zero attached hydrogens (tertiary/aromatic N) is 5. The van der Waals surface area contributed by atoms with Gasteiger partial charge in [-0.3, -0.25) is 4.79 Å². The van der Waals surface area contributed by atoms with Crippen LogP contribution in [0.5, 0.6) is 5.88 Å². The molecule has 0 spiro atoms. The van der Waals surface area contributed by atoms with Gasteiger partial charge in [-0.15, -0.1) is 0 Å². The molecule has 1 unspecified atom stereocenters. The molecule has 11 heteroatoms. The molecule has 1 aromatic carbocycles. The molecule has 3 heterocycles. The molecular weight excluding hydrogens is 418 g/mol. The third-order valence-corrected chi connectivity index (χ3v) is 4.87. The van der Waals surface area contributed by atoms with Crippen LogP contribution in [0.3, 0.4) is 0 Å². The Bertz CT molecular complexity index is 1070. The monoisotopic (exact) mass is 435 g/mol. The number of benzene rings is 1. The highest BCUT2D eigenvalue weighted by Gasteiger charge is 2.36. The molecule has 7 nitrogen and oxygen atoms in total. The number of carbonyl (C=O) groups is 1. The summed E-state index contributed by atoms with van der Waals surface area (Å²) >= 11 is 0. The van der Waals surface area contributed by atoms with Crippen molar-refractivity contribution in [3.8, 4) is 11.6 Å². The largest absolute Gasteiger partial charge is 0.470 e. The Kier molecular flexibility index (Phi) is 5.57. The van der Waals surface area contributed by atoms with Gasteiger partial charge in [0, 0.05) is 12.7 Å². The lowest BCUT2D eigenvalue weighted by atomic mass is 10.1. The molecule has 1 aliphatic rings. The van der Waals surface area contributed by atoms with Crippen molar-refractivity contribution in [3.63, 3.8) is 0 Å². The zero-order valence-corrected chi connectivity index (χ0v) is 16.1. The predicted molar refractivity (Wildman–Crippen MR) is 100 cm³/mol. The van der Waals surface area contributed by atoms with Gasteiger partial charge in [-0.25, -0.2) is 9.37 Å². The molecule has 0 radical (unpaired) electrons. The van der Waals surface area contributed by atoms with E-state index < -0.39 is 29.5 Å². The summed E-state index contributed by atoms with van der Waals surface area (Å²) in [6, 6.07) is 7.35. The van der Waals surface area contributed by atoms with Gasteiger partial charge in [0.05, 0.1) is 35.8 Å². The molecule has 1 atom stereocenters. The highest BCUT2D eigenvalue weighted by Crippen LogP contribution is 2.34. The number of piperidine rings is 1. The fourth-order valence-electron chi connectivity index (χ4n) is 3.44. The van der Waals surface area contributed by atoms with Crippen molar-refractivity contribution in [2.45, 2.75) is 25.1 Å². The quantitative estimate of drug-likeness (QED) is 0.587. The summed E-state index contributed by atoms with van der Waals surface area (Å²) < 4.78 is 58.5. The number of halogens is 4. The molecule has 31 heavy (non-hydrogen) atoms. The van der Waals surface area contributed by atoms with E-state index in [-0.39, 0.29) is 12.5 Å². The van der Waals surface area contributed by atoms with Crippen molar-refractivity contribution in [1.82, 2.24) is 24.9 Å². The minimum atomic E-state index is -4.86. The van der Waals surface area contributed by atoms with E-state index in [9.17, 15) is 22.4 Å². The molecule has 2 aromatic heterocycles. The average molecular weight is 435 g/mol. The van der Waals surface area contributed by atoms with Gasteiger partial charge in [0.1, 0.15) is 6.10 Å². The Morgan fingerprint density at radius 2 is 1.84 bits per heavy atom. The first-order valence-electron chi connectivity index (χ1n) is 9.48. The van der Waals surface area contributed by atoms with Gasteiger partial charge in [0.2, 0.25) is 0 Å². The van der Waals surface area contributed by atoms with Crippen molar-refractivity contribution >= 4 is 5.91 Å². The summed E-state index contributed by atoms with van der Waals surface area (Å²) in [6.07, 6.45) is -0.740. The minimum absolute atomic E-state index is 0.0804. The first-order valence-corrected chi connectivity index (χ1v) is 9.48. The van der Waals surface area contributed by atoms with Gasteiger partial charge in [-0.1, -0.05) is 12.1 Å². The molecule has 0 bridgehead atoms. The van der Waals surface area contributed by atoms with E-state index in [2.05, 4.69) is 15.2 Å². The summed E-state index contributed by atoms with van der Waals surface area (Å²) in [5.74, 6) is -2.59. The van der Waals surface area contributed by atoms with E-state index in [1.807, 2.05) is 0 Å². The van der Waals surface area contributed by atoms with Crippen LogP contribution in [-0.4, -0.2) is 50.0 Å². The Morgan fingerprint density at radius 1 is 1.10 bits per heavy atom. The van der Waals surface area contributed by atoms with Gasteiger partial charge < -0.3 is 9.64 Å². The van der Waals surface area contributed by atoms with Crippen LogP contribution in [0, 0.1) is 5.82 Å². The third-order valence-electron chi connectivity index (χ3n) is 4.87. The Labute approximate surface area is 174 Å². The second-order valence-corrected chi connectivity index (χ2v) is 6.94. The number of pyridine rings is 1. The first kappa shape index (κ1) is 20.8. The van der Waals surface area contributed by atoms with Crippen LogP contribution in [0.2, 0.25) is 0 Å². The number of rotatable bonds is 4. The lowest BCUT2D eigenvalue weighted by molar-refractivity contribution is -0.140. The SMILES string of the molecule is O=C(c1ccccc1-n1nccn1)N1CCCC(Oc2nccc(C(F)(F)F)c2F)C1. The number of carbonyl (C=O) groups excluding carboxylic acids is 1. The molecular formula is C20H17F4N5O2. The standard InChI is InChI=1S/C20H17F4N5O2/c21-17-15(20(22,23)24)7-8-25-18(17)31-13-4-3-11-28(12-13)19(30)14-5-1-2-6-16(14)29-26-9-10-27-29/h1-2,5-10,13H,3-4,11-12H2. The van der Waals surface area contributed by atoms with Gasteiger partial charge in [-0.2, -0.15) is 28.2 Å². The van der Waals surface area contributed by atoms with Crippen LogP contribution >= 0.6 is 0 Å². The van der Waals surface area contributed by atoms with Crippen LogP contribution < -0.4 is 4.74 Å². The van der Waals surface area contributed by atoms with Crippen molar-refractivity contribution in [3.05, 3.63) is 65.9 Å². The molecule has 1 saturated heterocycles. The number of para-hydroxylation sites is 1. The van der Waals surface area contributed by atoms with Crippen molar-refractivity contribution < 1.29 is 27.1 Å². The zero-order chi connectivity index (χ0) is 22.0. The average Bonchev–Trinajstić information content (AvgIpc) is 3.29. The van der Waals surface area contributed by atoms with Crippen LogP contribution in [-0.2, 0) is 6.18 Å². The first-order chi connectivity index (χ1) is 14.8. The lowest BCUT2D eigenvalue weighted by Gasteiger charge is -2.33. The van der Waals surface area contributed by atoms with Crippen molar-refractivity contribution in [1.29, 1.82) is 0 Å².